The van der Waals surface area contributed by atoms with E-state index in [1.54, 1.807) is 38.3 Å². The number of carbonyl (C=O) groups is 2. The van der Waals surface area contributed by atoms with Gasteiger partial charge in [0.15, 0.2) is 16.8 Å². The molecular formula is C28H22F2N2O4S. The number of ether oxygens (including phenoxy) is 1. The number of ketones is 1. The maximum Gasteiger partial charge on any atom is 0.301 e. The summed E-state index contributed by atoms with van der Waals surface area (Å²) in [5.41, 5.74) is 3.31. The number of amides is 1. The van der Waals surface area contributed by atoms with E-state index in [0.717, 1.165) is 34.6 Å². The highest BCUT2D eigenvalue weighted by Crippen LogP contribution is 2.45. The minimum absolute atomic E-state index is 0.0929. The van der Waals surface area contributed by atoms with E-state index in [2.05, 4.69) is 4.98 Å². The molecular weight excluding hydrogens is 498 g/mol. The van der Waals surface area contributed by atoms with Crippen molar-refractivity contribution < 1.29 is 28.2 Å². The number of hydrogen-bond donors (Lipinski definition) is 1. The van der Waals surface area contributed by atoms with E-state index < -0.39 is 29.4 Å². The molecule has 9 heteroatoms. The Morgan fingerprint density at radius 2 is 1.76 bits per heavy atom. The van der Waals surface area contributed by atoms with E-state index >= 15 is 0 Å². The fourth-order valence-electron chi connectivity index (χ4n) is 4.61. The molecule has 1 N–H and O–H groups in total. The number of aliphatic hydroxyl groups is 1. The third-order valence-electron chi connectivity index (χ3n) is 6.42. The van der Waals surface area contributed by atoms with Crippen LogP contribution in [0, 0.1) is 32.4 Å². The zero-order chi connectivity index (χ0) is 26.6. The number of carbonyl (C=O) groups excluding carboxylic acids is 2. The van der Waals surface area contributed by atoms with Crippen LogP contribution >= 0.6 is 11.3 Å². The van der Waals surface area contributed by atoms with Crippen molar-refractivity contribution in [2.24, 2.45) is 0 Å². The molecule has 0 spiro atoms. The molecule has 1 fully saturated rings. The van der Waals surface area contributed by atoms with E-state index in [0.29, 0.717) is 27.1 Å². The normalized spacial score (nSPS) is 17.1. The second kappa shape index (κ2) is 9.08. The van der Waals surface area contributed by atoms with Gasteiger partial charge in [-0.25, -0.2) is 13.8 Å². The first-order chi connectivity index (χ1) is 17.6. The molecule has 0 radical (unpaired) electrons. The van der Waals surface area contributed by atoms with E-state index in [-0.39, 0.29) is 22.0 Å². The van der Waals surface area contributed by atoms with Crippen molar-refractivity contribution in [3.8, 4) is 5.75 Å². The lowest BCUT2D eigenvalue weighted by Crippen LogP contribution is -2.29. The Morgan fingerprint density at radius 3 is 2.46 bits per heavy atom. The van der Waals surface area contributed by atoms with Gasteiger partial charge in [0.05, 0.1) is 28.9 Å². The van der Waals surface area contributed by atoms with Crippen LogP contribution < -0.4 is 9.64 Å². The van der Waals surface area contributed by atoms with Crippen LogP contribution in [-0.2, 0) is 9.59 Å². The second-order valence-corrected chi connectivity index (χ2v) is 9.96. The van der Waals surface area contributed by atoms with Crippen molar-refractivity contribution in [1.29, 1.82) is 0 Å². The number of nitrogens with zero attached hydrogens (tertiary/aromatic N) is 2. The van der Waals surface area contributed by atoms with Gasteiger partial charge in [0.2, 0.25) is 0 Å². The molecule has 1 aliphatic rings. The summed E-state index contributed by atoms with van der Waals surface area (Å²) in [5, 5.41) is 11.6. The average molecular weight is 521 g/mol. The number of methoxy groups -OCH3 is 1. The standard InChI is InChI=1S/C28H22F2N2O4S/c1-13-6-5-7-16(8-13)24-23(25(33)17-9-15(3)21(36-4)10-14(17)2)26(34)27(35)32(24)28-31-20-11-18(29)19(30)12-22(20)37-28/h5-12,24,33H,1-4H3/b25-23+. The molecule has 6 nitrogen and oxygen atoms in total. The molecule has 1 saturated heterocycles. The fourth-order valence-corrected chi connectivity index (χ4v) is 5.61. The summed E-state index contributed by atoms with van der Waals surface area (Å²) in [6, 6.07) is 11.6. The van der Waals surface area contributed by atoms with Crippen molar-refractivity contribution in [3.63, 3.8) is 0 Å². The molecule has 5 rings (SSSR count). The SMILES string of the molecule is COc1cc(C)c(/C(O)=C2\C(=O)C(=O)N(c3nc4cc(F)c(F)cc4s3)C2c2cccc(C)c2)cc1C. The van der Waals surface area contributed by atoms with Crippen molar-refractivity contribution in [1.82, 2.24) is 4.98 Å². The molecule has 1 amide bonds. The summed E-state index contributed by atoms with van der Waals surface area (Å²) >= 11 is 0.960. The smallest absolute Gasteiger partial charge is 0.301 e. The molecule has 0 saturated carbocycles. The Balaban J connectivity index is 1.76. The third kappa shape index (κ3) is 4.05. The molecule has 1 aliphatic heterocycles. The zero-order valence-corrected chi connectivity index (χ0v) is 21.2. The minimum Gasteiger partial charge on any atom is -0.507 e. The van der Waals surface area contributed by atoms with E-state index in [9.17, 15) is 23.5 Å². The van der Waals surface area contributed by atoms with Crippen LogP contribution in [0.1, 0.15) is 33.9 Å². The highest BCUT2D eigenvalue weighted by molar-refractivity contribution is 7.22. The van der Waals surface area contributed by atoms with Crippen molar-refractivity contribution in [2.75, 3.05) is 12.0 Å². The van der Waals surface area contributed by atoms with Crippen molar-refractivity contribution >= 4 is 44.1 Å². The first-order valence-corrected chi connectivity index (χ1v) is 12.2. The third-order valence-corrected chi connectivity index (χ3v) is 7.44. The Hall–Kier alpha value is -4.11. The molecule has 1 unspecified atom stereocenters. The molecule has 2 heterocycles. The van der Waals surface area contributed by atoms with Gasteiger partial charge in [-0.05, 0) is 55.7 Å². The molecule has 4 aromatic rings. The molecule has 3 aromatic carbocycles. The van der Waals surface area contributed by atoms with Gasteiger partial charge >= 0.3 is 5.91 Å². The highest BCUT2D eigenvalue weighted by Gasteiger charge is 2.48. The quantitative estimate of drug-likeness (QED) is 0.199. The van der Waals surface area contributed by atoms with Crippen molar-refractivity contribution in [3.05, 3.63) is 93.6 Å². The van der Waals surface area contributed by atoms with Crippen LogP contribution in [0.15, 0.2) is 54.1 Å². The first kappa shape index (κ1) is 24.6. The lowest BCUT2D eigenvalue weighted by atomic mass is 9.92. The fraction of sp³-hybridized carbons (Fsp3) is 0.179. The molecule has 1 aromatic heterocycles. The first-order valence-electron chi connectivity index (χ1n) is 11.4. The van der Waals surface area contributed by atoms with Gasteiger partial charge in [0.25, 0.3) is 5.78 Å². The Kier molecular flexibility index (Phi) is 6.03. The van der Waals surface area contributed by atoms with E-state index in [1.807, 2.05) is 26.0 Å². The summed E-state index contributed by atoms with van der Waals surface area (Å²) in [4.78, 5) is 32.4. The second-order valence-electron chi connectivity index (χ2n) is 8.95. The molecule has 37 heavy (non-hydrogen) atoms. The van der Waals surface area contributed by atoms with Crippen LogP contribution in [0.4, 0.5) is 13.9 Å². The number of thiazole rings is 1. The number of aliphatic hydroxyl groups excluding tert-OH is 1. The van der Waals surface area contributed by atoms with Crippen LogP contribution in [-0.4, -0.2) is 28.9 Å². The van der Waals surface area contributed by atoms with Crippen LogP contribution in [0.25, 0.3) is 16.0 Å². The summed E-state index contributed by atoms with van der Waals surface area (Å²) in [6.45, 7) is 5.45. The minimum atomic E-state index is -1.06. The molecule has 1 atom stereocenters. The lowest BCUT2D eigenvalue weighted by Gasteiger charge is -2.23. The number of hydrogen-bond acceptors (Lipinski definition) is 6. The maximum absolute atomic E-state index is 13.9. The largest absolute Gasteiger partial charge is 0.507 e. The number of rotatable bonds is 4. The maximum atomic E-state index is 13.9. The molecule has 188 valence electrons. The number of aryl methyl sites for hydroxylation is 3. The number of halogens is 2. The van der Waals surface area contributed by atoms with Crippen LogP contribution in [0.3, 0.4) is 0 Å². The van der Waals surface area contributed by atoms with E-state index in [4.69, 9.17) is 4.74 Å². The average Bonchev–Trinajstić information content (AvgIpc) is 3.37. The van der Waals surface area contributed by atoms with Gasteiger partial charge in [0.1, 0.15) is 11.5 Å². The summed E-state index contributed by atoms with van der Waals surface area (Å²) in [7, 11) is 1.54. The highest BCUT2D eigenvalue weighted by atomic mass is 32.1. The van der Waals surface area contributed by atoms with Gasteiger partial charge in [-0.3, -0.25) is 14.5 Å². The predicted octanol–water partition coefficient (Wildman–Crippen LogP) is 6.13. The van der Waals surface area contributed by atoms with Gasteiger partial charge in [-0.1, -0.05) is 41.2 Å². The number of fused-ring (bicyclic) bond motifs is 1. The topological polar surface area (TPSA) is 79.7 Å². The summed E-state index contributed by atoms with van der Waals surface area (Å²) < 4.78 is 33.4. The number of benzene rings is 3. The molecule has 0 aliphatic carbocycles. The van der Waals surface area contributed by atoms with E-state index in [1.165, 1.54) is 4.90 Å². The van der Waals surface area contributed by atoms with Crippen LogP contribution in [0.5, 0.6) is 5.75 Å². The predicted molar refractivity (Wildman–Crippen MR) is 138 cm³/mol. The number of aromatic nitrogens is 1. The number of anilines is 1. The lowest BCUT2D eigenvalue weighted by molar-refractivity contribution is -0.132. The van der Waals surface area contributed by atoms with Gasteiger partial charge in [-0.2, -0.15) is 0 Å². The van der Waals surface area contributed by atoms with Gasteiger partial charge in [-0.15, -0.1) is 0 Å². The Labute approximate surface area is 215 Å². The summed E-state index contributed by atoms with van der Waals surface area (Å²) in [6.07, 6.45) is 0. The van der Waals surface area contributed by atoms with Crippen LogP contribution in [0.2, 0.25) is 0 Å². The Morgan fingerprint density at radius 1 is 1.03 bits per heavy atom. The van der Waals surface area contributed by atoms with Gasteiger partial charge < -0.3 is 9.84 Å². The monoisotopic (exact) mass is 520 g/mol. The van der Waals surface area contributed by atoms with Crippen molar-refractivity contribution in [2.45, 2.75) is 26.8 Å². The van der Waals surface area contributed by atoms with Gasteiger partial charge in [0, 0.05) is 11.6 Å². The molecule has 0 bridgehead atoms. The number of Topliss-reactive ketones (excluding diaryl/α,β-unsaturated/α-hetero) is 1. The zero-order valence-electron chi connectivity index (χ0n) is 20.4. The Bertz CT molecular complexity index is 1600. The summed E-state index contributed by atoms with van der Waals surface area (Å²) in [5.74, 6) is -3.57.